The maximum atomic E-state index is 9.32. The molecule has 0 fully saturated rings. The predicted molar refractivity (Wildman–Crippen MR) is 90.2 cm³/mol. The van der Waals surface area contributed by atoms with E-state index in [1.165, 1.54) is 21.2 Å². The molecule has 3 heteroatoms. The first kappa shape index (κ1) is 13.8. The number of thioether (sulfide) groups is 1. The highest BCUT2D eigenvalue weighted by atomic mass is 32.2. The predicted octanol–water partition coefficient (Wildman–Crippen LogP) is 5.09. The largest absolute Gasteiger partial charge is 0.251 e. The van der Waals surface area contributed by atoms with Crippen molar-refractivity contribution in [1.29, 1.82) is 0 Å². The fraction of sp³-hybridized carbons (Fsp3) is 0.158. The smallest absolute Gasteiger partial charge is 0.130 e. The molecule has 2 nitrogen and oxygen atoms in total. The van der Waals surface area contributed by atoms with E-state index in [0.717, 1.165) is 12.0 Å². The molecule has 1 aliphatic rings. The lowest BCUT2D eigenvalue weighted by Crippen LogP contribution is -2.12. The average Bonchev–Trinajstić information content (AvgIpc) is 2.91. The van der Waals surface area contributed by atoms with Crippen molar-refractivity contribution in [3.8, 4) is 0 Å². The van der Waals surface area contributed by atoms with Gasteiger partial charge in [0.05, 0.1) is 0 Å². The molecule has 2 atom stereocenters. The van der Waals surface area contributed by atoms with Gasteiger partial charge in [-0.3, -0.25) is 5.26 Å². The molecule has 4 rings (SSSR count). The van der Waals surface area contributed by atoms with Crippen LogP contribution >= 0.6 is 11.8 Å². The fourth-order valence-corrected chi connectivity index (χ4v) is 4.44. The third-order valence-corrected chi connectivity index (χ3v) is 5.49. The van der Waals surface area contributed by atoms with Gasteiger partial charge < -0.3 is 0 Å². The van der Waals surface area contributed by atoms with Gasteiger partial charge in [0.15, 0.2) is 0 Å². The van der Waals surface area contributed by atoms with Gasteiger partial charge in [0.25, 0.3) is 0 Å². The first-order chi connectivity index (χ1) is 10.8. The summed E-state index contributed by atoms with van der Waals surface area (Å²) in [6, 6.07) is 23.0. The van der Waals surface area contributed by atoms with E-state index in [4.69, 9.17) is 4.89 Å². The zero-order valence-electron chi connectivity index (χ0n) is 12.0. The second kappa shape index (κ2) is 5.76. The van der Waals surface area contributed by atoms with Gasteiger partial charge in [-0.1, -0.05) is 54.6 Å². The summed E-state index contributed by atoms with van der Waals surface area (Å²) in [5.41, 5.74) is 2.36. The SMILES string of the molecule is OOC1c2ccccc2CC1Sc1ccc2ccccc2c1. The van der Waals surface area contributed by atoms with Crippen molar-refractivity contribution in [2.45, 2.75) is 22.7 Å². The van der Waals surface area contributed by atoms with E-state index >= 15 is 0 Å². The lowest BCUT2D eigenvalue weighted by atomic mass is 10.1. The van der Waals surface area contributed by atoms with Crippen molar-refractivity contribution >= 4 is 22.5 Å². The van der Waals surface area contributed by atoms with Crippen molar-refractivity contribution in [3.63, 3.8) is 0 Å². The van der Waals surface area contributed by atoms with E-state index < -0.39 is 0 Å². The molecule has 0 saturated heterocycles. The topological polar surface area (TPSA) is 29.5 Å². The Bertz CT molecular complexity index is 815. The van der Waals surface area contributed by atoms with Crippen molar-refractivity contribution in [1.82, 2.24) is 0 Å². The van der Waals surface area contributed by atoms with E-state index in [1.54, 1.807) is 11.8 Å². The minimum absolute atomic E-state index is 0.198. The normalized spacial score (nSPS) is 20.2. The van der Waals surface area contributed by atoms with Gasteiger partial charge >= 0.3 is 0 Å². The van der Waals surface area contributed by atoms with Crippen LogP contribution in [0.1, 0.15) is 17.2 Å². The Morgan fingerprint density at radius 2 is 1.68 bits per heavy atom. The molecule has 0 heterocycles. The van der Waals surface area contributed by atoms with Crippen LogP contribution in [0.5, 0.6) is 0 Å². The molecule has 0 bridgehead atoms. The Hall–Kier alpha value is -1.81. The van der Waals surface area contributed by atoms with Gasteiger partial charge in [-0.05, 0) is 40.5 Å². The summed E-state index contributed by atoms with van der Waals surface area (Å²) in [5, 5.41) is 12.0. The van der Waals surface area contributed by atoms with E-state index in [2.05, 4.69) is 48.5 Å². The van der Waals surface area contributed by atoms with Crippen LogP contribution in [0.4, 0.5) is 0 Å². The van der Waals surface area contributed by atoms with Crippen LogP contribution in [-0.2, 0) is 11.3 Å². The molecule has 22 heavy (non-hydrogen) atoms. The van der Waals surface area contributed by atoms with Crippen molar-refractivity contribution in [3.05, 3.63) is 77.9 Å². The Morgan fingerprint density at radius 1 is 0.909 bits per heavy atom. The molecule has 0 aliphatic heterocycles. The summed E-state index contributed by atoms with van der Waals surface area (Å²) < 4.78 is 0. The van der Waals surface area contributed by atoms with Crippen LogP contribution in [0, 0.1) is 0 Å². The summed E-state index contributed by atoms with van der Waals surface area (Å²) >= 11 is 1.77. The van der Waals surface area contributed by atoms with Gasteiger partial charge in [-0.2, -0.15) is 0 Å². The van der Waals surface area contributed by atoms with Gasteiger partial charge in [0.1, 0.15) is 6.10 Å². The summed E-state index contributed by atoms with van der Waals surface area (Å²) in [6.45, 7) is 0. The Balaban J connectivity index is 1.62. The Morgan fingerprint density at radius 3 is 2.55 bits per heavy atom. The first-order valence-corrected chi connectivity index (χ1v) is 8.26. The number of rotatable bonds is 3. The quantitative estimate of drug-likeness (QED) is 0.540. The molecule has 0 saturated carbocycles. The van der Waals surface area contributed by atoms with Crippen molar-refractivity contribution in [2.24, 2.45) is 0 Å². The van der Waals surface area contributed by atoms with Crippen LogP contribution in [-0.4, -0.2) is 10.5 Å². The molecule has 0 spiro atoms. The third-order valence-electron chi connectivity index (χ3n) is 4.24. The Kier molecular flexibility index (Phi) is 3.62. The fourth-order valence-electron chi connectivity index (χ4n) is 3.17. The van der Waals surface area contributed by atoms with Gasteiger partial charge in [0, 0.05) is 10.1 Å². The summed E-state index contributed by atoms with van der Waals surface area (Å²) in [6.07, 6.45) is 0.659. The first-order valence-electron chi connectivity index (χ1n) is 7.38. The Labute approximate surface area is 133 Å². The van der Waals surface area contributed by atoms with Crippen LogP contribution < -0.4 is 0 Å². The second-order valence-corrected chi connectivity index (χ2v) is 6.91. The van der Waals surface area contributed by atoms with Gasteiger partial charge in [0.2, 0.25) is 0 Å². The molecule has 3 aromatic rings. The molecular formula is C19H16O2S. The molecule has 110 valence electrons. The van der Waals surface area contributed by atoms with Gasteiger partial charge in [-0.25, -0.2) is 4.89 Å². The lowest BCUT2D eigenvalue weighted by Gasteiger charge is -2.17. The molecular weight excluding hydrogens is 292 g/mol. The van der Waals surface area contributed by atoms with E-state index in [1.807, 2.05) is 18.2 Å². The second-order valence-electron chi connectivity index (χ2n) is 5.59. The highest BCUT2D eigenvalue weighted by molar-refractivity contribution is 8.00. The highest BCUT2D eigenvalue weighted by Crippen LogP contribution is 2.43. The number of hydrogen-bond acceptors (Lipinski definition) is 3. The zero-order chi connectivity index (χ0) is 14.9. The maximum Gasteiger partial charge on any atom is 0.130 e. The molecule has 0 radical (unpaired) electrons. The van der Waals surface area contributed by atoms with Crippen LogP contribution in [0.15, 0.2) is 71.6 Å². The lowest BCUT2D eigenvalue weighted by molar-refractivity contribution is -0.279. The van der Waals surface area contributed by atoms with Crippen LogP contribution in [0.2, 0.25) is 0 Å². The summed E-state index contributed by atoms with van der Waals surface area (Å²) in [7, 11) is 0. The molecule has 3 aromatic carbocycles. The summed E-state index contributed by atoms with van der Waals surface area (Å²) in [4.78, 5) is 6.00. The molecule has 0 amide bonds. The van der Waals surface area contributed by atoms with E-state index in [9.17, 15) is 5.26 Å². The number of hydrogen-bond donors (Lipinski definition) is 1. The highest BCUT2D eigenvalue weighted by Gasteiger charge is 2.34. The molecule has 2 unspecified atom stereocenters. The van der Waals surface area contributed by atoms with Gasteiger partial charge in [-0.15, -0.1) is 11.8 Å². The zero-order valence-corrected chi connectivity index (χ0v) is 12.8. The van der Waals surface area contributed by atoms with E-state index in [0.29, 0.717) is 0 Å². The minimum Gasteiger partial charge on any atom is -0.251 e. The average molecular weight is 308 g/mol. The molecule has 0 aromatic heterocycles. The third kappa shape index (κ3) is 2.41. The molecule has 1 aliphatic carbocycles. The summed E-state index contributed by atoms with van der Waals surface area (Å²) in [5.74, 6) is 0. The number of fused-ring (bicyclic) bond motifs is 2. The minimum atomic E-state index is -0.257. The van der Waals surface area contributed by atoms with Crippen LogP contribution in [0.3, 0.4) is 0 Å². The van der Waals surface area contributed by atoms with Crippen molar-refractivity contribution in [2.75, 3.05) is 0 Å². The maximum absolute atomic E-state index is 9.32. The van der Waals surface area contributed by atoms with Crippen LogP contribution in [0.25, 0.3) is 10.8 Å². The standard InChI is InChI=1S/C19H16O2S/c20-21-19-17-8-4-3-7-15(17)12-18(19)22-16-10-9-13-5-1-2-6-14(13)11-16/h1-11,18-20H,12H2. The molecule has 1 N–H and O–H groups in total. The van der Waals surface area contributed by atoms with E-state index in [-0.39, 0.29) is 11.4 Å². The monoisotopic (exact) mass is 308 g/mol. The van der Waals surface area contributed by atoms with Crippen molar-refractivity contribution < 1.29 is 10.1 Å². The number of benzene rings is 3.